The fraction of sp³-hybridized carbons (Fsp3) is 0.111. The lowest BCUT2D eigenvalue weighted by Gasteiger charge is -2.05. The zero-order chi connectivity index (χ0) is 18.9. The molecule has 0 unspecified atom stereocenters. The first-order valence-corrected chi connectivity index (χ1v) is 6.75. The van der Waals surface area contributed by atoms with E-state index in [-0.39, 0.29) is 28.1 Å². The lowest BCUT2D eigenvalue weighted by Crippen LogP contribution is -2.03. The van der Waals surface area contributed by atoms with Gasteiger partial charge in [0.05, 0.1) is 11.1 Å². The Morgan fingerprint density at radius 2 is 1.08 bits per heavy atom. The maximum atomic E-state index is 11.0. The highest BCUT2D eigenvalue weighted by molar-refractivity contribution is 6.35. The van der Waals surface area contributed by atoms with E-state index in [0.29, 0.717) is 5.39 Å². The highest BCUT2D eigenvalue weighted by Gasteiger charge is 2.15. The molecule has 0 atom stereocenters. The first-order chi connectivity index (χ1) is 11.3. The smallest absolute Gasteiger partial charge is 0.336 e. The van der Waals surface area contributed by atoms with Crippen LogP contribution in [0.3, 0.4) is 0 Å². The predicted molar refractivity (Wildman–Crippen MR) is 90.5 cm³/mol. The van der Waals surface area contributed by atoms with Gasteiger partial charge in [0, 0.05) is 19.2 Å². The number of benzene rings is 2. The zero-order valence-corrected chi connectivity index (χ0v) is 13.4. The Bertz CT molecular complexity index is 715. The summed E-state index contributed by atoms with van der Waals surface area (Å²) in [6.45, 7) is 8.50. The number of carbonyl (C=O) groups is 4. The SMILES string of the molecule is C=C.CC(=O)C(C)=O.O=C(O)c1cccc2cccc(C(=O)O)c12. The normalized spacial score (nSPS) is 8.92. The van der Waals surface area contributed by atoms with Crippen molar-refractivity contribution in [2.45, 2.75) is 13.8 Å². The number of aromatic carboxylic acids is 2. The van der Waals surface area contributed by atoms with E-state index in [0.717, 1.165) is 0 Å². The number of carbonyl (C=O) groups excluding carboxylic acids is 2. The van der Waals surface area contributed by atoms with Crippen LogP contribution in [0.1, 0.15) is 34.6 Å². The minimum Gasteiger partial charge on any atom is -0.478 e. The van der Waals surface area contributed by atoms with E-state index in [9.17, 15) is 19.2 Å². The summed E-state index contributed by atoms with van der Waals surface area (Å²) in [5, 5.41) is 18.9. The van der Waals surface area contributed by atoms with Crippen LogP contribution < -0.4 is 0 Å². The van der Waals surface area contributed by atoms with E-state index in [1.165, 1.54) is 26.0 Å². The van der Waals surface area contributed by atoms with Gasteiger partial charge in [0.15, 0.2) is 11.6 Å². The summed E-state index contributed by atoms with van der Waals surface area (Å²) in [4.78, 5) is 41.6. The second-order valence-electron chi connectivity index (χ2n) is 4.43. The van der Waals surface area contributed by atoms with Gasteiger partial charge >= 0.3 is 11.9 Å². The fourth-order valence-corrected chi connectivity index (χ4v) is 1.70. The Morgan fingerprint density at radius 3 is 1.33 bits per heavy atom. The molecule has 2 rings (SSSR count). The van der Waals surface area contributed by atoms with Gasteiger partial charge in [-0.2, -0.15) is 0 Å². The second-order valence-corrected chi connectivity index (χ2v) is 4.43. The molecule has 2 aromatic rings. The average molecular weight is 330 g/mol. The van der Waals surface area contributed by atoms with Crippen LogP contribution in [0, 0.1) is 0 Å². The molecule has 0 saturated heterocycles. The van der Waals surface area contributed by atoms with E-state index >= 15 is 0 Å². The molecule has 0 aliphatic rings. The van der Waals surface area contributed by atoms with Crippen molar-refractivity contribution in [1.29, 1.82) is 0 Å². The second kappa shape index (κ2) is 9.68. The molecule has 0 radical (unpaired) electrons. The van der Waals surface area contributed by atoms with Crippen LogP contribution in [-0.4, -0.2) is 33.7 Å². The van der Waals surface area contributed by atoms with Crippen LogP contribution in [0.2, 0.25) is 0 Å². The molecule has 0 saturated carbocycles. The van der Waals surface area contributed by atoms with Gasteiger partial charge in [0.1, 0.15) is 0 Å². The van der Waals surface area contributed by atoms with Crippen molar-refractivity contribution in [2.75, 3.05) is 0 Å². The number of rotatable bonds is 3. The van der Waals surface area contributed by atoms with Gasteiger partial charge in [-0.1, -0.05) is 24.3 Å². The lowest BCUT2D eigenvalue weighted by atomic mass is 9.99. The summed E-state index contributed by atoms with van der Waals surface area (Å²) in [6.07, 6.45) is 0. The average Bonchev–Trinajstić information content (AvgIpc) is 2.55. The summed E-state index contributed by atoms with van der Waals surface area (Å²) in [7, 11) is 0. The van der Waals surface area contributed by atoms with Crippen molar-refractivity contribution >= 4 is 34.3 Å². The summed E-state index contributed by atoms with van der Waals surface area (Å²) in [5.41, 5.74) is 0.0194. The maximum Gasteiger partial charge on any atom is 0.336 e. The zero-order valence-electron chi connectivity index (χ0n) is 13.4. The van der Waals surface area contributed by atoms with E-state index in [2.05, 4.69) is 13.2 Å². The third-order valence-electron chi connectivity index (χ3n) is 2.86. The van der Waals surface area contributed by atoms with Crippen molar-refractivity contribution in [3.05, 3.63) is 60.7 Å². The highest BCUT2D eigenvalue weighted by Crippen LogP contribution is 2.23. The number of fused-ring (bicyclic) bond motifs is 1. The van der Waals surface area contributed by atoms with E-state index in [1.807, 2.05) is 0 Å². The lowest BCUT2D eigenvalue weighted by molar-refractivity contribution is -0.134. The molecule has 6 nitrogen and oxygen atoms in total. The molecule has 0 fully saturated rings. The van der Waals surface area contributed by atoms with Crippen molar-refractivity contribution in [3.63, 3.8) is 0 Å². The molecule has 0 bridgehead atoms. The first-order valence-electron chi connectivity index (χ1n) is 6.75. The Labute approximate surface area is 139 Å². The molecule has 0 spiro atoms. The highest BCUT2D eigenvalue weighted by atomic mass is 16.4. The molecule has 0 aliphatic heterocycles. The Kier molecular flexibility index (Phi) is 8.36. The van der Waals surface area contributed by atoms with Crippen molar-refractivity contribution in [1.82, 2.24) is 0 Å². The van der Waals surface area contributed by atoms with E-state index in [1.54, 1.807) is 24.3 Å². The molecule has 24 heavy (non-hydrogen) atoms. The van der Waals surface area contributed by atoms with Crippen LogP contribution in [0.5, 0.6) is 0 Å². The van der Waals surface area contributed by atoms with Gasteiger partial charge in [-0.15, -0.1) is 13.2 Å². The fourth-order valence-electron chi connectivity index (χ4n) is 1.70. The number of ketones is 2. The largest absolute Gasteiger partial charge is 0.478 e. The van der Waals surface area contributed by atoms with Crippen LogP contribution >= 0.6 is 0 Å². The summed E-state index contributed by atoms with van der Waals surface area (Å²) in [6, 6.07) is 9.37. The molecule has 2 aromatic carbocycles. The quantitative estimate of drug-likeness (QED) is 0.661. The Morgan fingerprint density at radius 1 is 0.750 bits per heavy atom. The molecule has 6 heteroatoms. The number of hydrogen-bond acceptors (Lipinski definition) is 4. The van der Waals surface area contributed by atoms with Crippen LogP contribution in [0.4, 0.5) is 0 Å². The van der Waals surface area contributed by atoms with Gasteiger partial charge < -0.3 is 10.2 Å². The van der Waals surface area contributed by atoms with Gasteiger partial charge in [-0.05, 0) is 17.5 Å². The summed E-state index contributed by atoms with van der Waals surface area (Å²) in [5.74, 6) is -3.01. The number of carboxylic acid groups (broad SMARTS) is 2. The summed E-state index contributed by atoms with van der Waals surface area (Å²) < 4.78 is 0. The van der Waals surface area contributed by atoms with Crippen LogP contribution in [0.25, 0.3) is 10.8 Å². The van der Waals surface area contributed by atoms with E-state index in [4.69, 9.17) is 10.2 Å². The minimum absolute atomic E-state index is 0.00972. The molecule has 0 aliphatic carbocycles. The topological polar surface area (TPSA) is 109 Å². The monoisotopic (exact) mass is 330 g/mol. The van der Waals surface area contributed by atoms with Crippen molar-refractivity contribution < 1.29 is 29.4 Å². The first kappa shape index (κ1) is 20.7. The van der Waals surface area contributed by atoms with Gasteiger partial charge in [0.2, 0.25) is 0 Å². The molecule has 126 valence electrons. The standard InChI is InChI=1S/C12H8O4.C4H6O2.C2H4/c13-11(14)8-5-1-3-7-4-2-6-9(10(7)8)12(15)16;1-3(5)4(2)6;1-2/h1-6H,(H,13,14)(H,15,16);1-2H3;1-2H2. The maximum absolute atomic E-state index is 11.0. The number of hydrogen-bond donors (Lipinski definition) is 2. The number of carboxylic acids is 2. The molecule has 0 heterocycles. The molecule has 0 aromatic heterocycles. The summed E-state index contributed by atoms with van der Waals surface area (Å²) >= 11 is 0. The minimum atomic E-state index is -1.13. The van der Waals surface area contributed by atoms with E-state index < -0.39 is 11.9 Å². The van der Waals surface area contributed by atoms with Crippen LogP contribution in [0.15, 0.2) is 49.6 Å². The van der Waals surface area contributed by atoms with Crippen LogP contribution in [-0.2, 0) is 9.59 Å². The van der Waals surface area contributed by atoms with Crippen molar-refractivity contribution in [2.24, 2.45) is 0 Å². The number of Topliss-reactive ketones (excluding diaryl/α,β-unsaturated/α-hetero) is 2. The molecular weight excluding hydrogens is 312 g/mol. The third-order valence-corrected chi connectivity index (χ3v) is 2.86. The predicted octanol–water partition coefficient (Wildman–Crippen LogP) is 3.20. The molecule has 0 amide bonds. The molecule has 2 N–H and O–H groups in total. The van der Waals surface area contributed by atoms with Gasteiger partial charge in [-0.3, -0.25) is 9.59 Å². The van der Waals surface area contributed by atoms with Gasteiger partial charge in [0.25, 0.3) is 0 Å². The Hall–Kier alpha value is -3.28. The van der Waals surface area contributed by atoms with Crippen molar-refractivity contribution in [3.8, 4) is 0 Å². The van der Waals surface area contributed by atoms with Gasteiger partial charge in [-0.25, -0.2) is 9.59 Å². The molecular formula is C18H18O6. The Balaban J connectivity index is 0.000000563. The third kappa shape index (κ3) is 5.49.